The Morgan fingerprint density at radius 1 is 1.13 bits per heavy atom. The summed E-state index contributed by atoms with van der Waals surface area (Å²) in [6.07, 6.45) is 8.38. The Morgan fingerprint density at radius 3 is 2.60 bits per heavy atom. The lowest BCUT2D eigenvalue weighted by molar-refractivity contribution is -0.130. The van der Waals surface area contributed by atoms with Crippen molar-refractivity contribution in [2.24, 2.45) is 5.92 Å². The summed E-state index contributed by atoms with van der Waals surface area (Å²) in [6.45, 7) is 1.61. The summed E-state index contributed by atoms with van der Waals surface area (Å²) in [5.41, 5.74) is 0. The van der Waals surface area contributed by atoms with Crippen LogP contribution in [0.3, 0.4) is 0 Å². The van der Waals surface area contributed by atoms with Crippen molar-refractivity contribution in [1.82, 2.24) is 5.32 Å². The molecule has 1 saturated carbocycles. The number of ether oxygens (including phenoxy) is 1. The van der Waals surface area contributed by atoms with Gasteiger partial charge < -0.3 is 10.1 Å². The number of nitrogens with one attached hydrogen (secondary N) is 1. The van der Waals surface area contributed by atoms with Crippen molar-refractivity contribution < 1.29 is 9.53 Å². The molecule has 0 bridgehead atoms. The van der Waals surface area contributed by atoms with Gasteiger partial charge in [0.1, 0.15) is 6.10 Å². The molecular weight excluding hydrogens is 190 g/mol. The van der Waals surface area contributed by atoms with Gasteiger partial charge in [-0.1, -0.05) is 19.3 Å². The van der Waals surface area contributed by atoms with Crippen LogP contribution in [0.4, 0.5) is 0 Å². The van der Waals surface area contributed by atoms with E-state index in [0.29, 0.717) is 5.92 Å². The first-order valence-corrected chi connectivity index (χ1v) is 6.25. The molecule has 2 rings (SSSR count). The zero-order valence-corrected chi connectivity index (χ0v) is 9.34. The summed E-state index contributed by atoms with van der Waals surface area (Å²) in [7, 11) is 0. The summed E-state index contributed by atoms with van der Waals surface area (Å²) < 4.78 is 5.34. The average molecular weight is 211 g/mol. The smallest absolute Gasteiger partial charge is 0.249 e. The van der Waals surface area contributed by atoms with E-state index in [2.05, 4.69) is 5.32 Å². The van der Waals surface area contributed by atoms with Crippen molar-refractivity contribution in [3.05, 3.63) is 0 Å². The van der Waals surface area contributed by atoms with Crippen LogP contribution in [0.1, 0.15) is 44.9 Å². The predicted molar refractivity (Wildman–Crippen MR) is 58.6 cm³/mol. The predicted octanol–water partition coefficient (Wildman–Crippen LogP) is 1.86. The fourth-order valence-corrected chi connectivity index (χ4v) is 2.53. The van der Waals surface area contributed by atoms with E-state index in [0.717, 1.165) is 26.0 Å². The Labute approximate surface area is 91.6 Å². The maximum absolute atomic E-state index is 11.7. The largest absolute Gasteiger partial charge is 0.368 e. The van der Waals surface area contributed by atoms with Crippen molar-refractivity contribution in [2.45, 2.75) is 51.0 Å². The first-order valence-electron chi connectivity index (χ1n) is 6.25. The minimum Gasteiger partial charge on any atom is -0.368 e. The first kappa shape index (κ1) is 10.9. The highest BCUT2D eigenvalue weighted by atomic mass is 16.5. The van der Waals surface area contributed by atoms with Crippen LogP contribution in [-0.4, -0.2) is 25.2 Å². The van der Waals surface area contributed by atoms with Gasteiger partial charge in [0.25, 0.3) is 0 Å². The summed E-state index contributed by atoms with van der Waals surface area (Å²) in [5.74, 6) is 0.821. The van der Waals surface area contributed by atoms with Gasteiger partial charge in [0.2, 0.25) is 5.91 Å². The molecule has 1 aliphatic heterocycles. The number of hydrogen-bond acceptors (Lipinski definition) is 2. The summed E-state index contributed by atoms with van der Waals surface area (Å²) >= 11 is 0. The van der Waals surface area contributed by atoms with E-state index in [1.54, 1.807) is 0 Å². The van der Waals surface area contributed by atoms with Crippen molar-refractivity contribution in [3.8, 4) is 0 Å². The monoisotopic (exact) mass is 211 g/mol. The van der Waals surface area contributed by atoms with E-state index in [4.69, 9.17) is 4.74 Å². The zero-order valence-electron chi connectivity index (χ0n) is 9.34. The minimum atomic E-state index is -0.159. The molecule has 3 heteroatoms. The zero-order chi connectivity index (χ0) is 10.5. The second-order valence-corrected chi connectivity index (χ2v) is 4.75. The highest BCUT2D eigenvalue weighted by Crippen LogP contribution is 2.23. The molecule has 86 valence electrons. The molecule has 1 heterocycles. The Balaban J connectivity index is 1.65. The third kappa shape index (κ3) is 3.20. The summed E-state index contributed by atoms with van der Waals surface area (Å²) in [5, 5.41) is 3.03. The maximum atomic E-state index is 11.7. The molecule has 15 heavy (non-hydrogen) atoms. The van der Waals surface area contributed by atoms with Crippen LogP contribution in [0, 0.1) is 5.92 Å². The van der Waals surface area contributed by atoms with Crippen LogP contribution in [0.2, 0.25) is 0 Å². The van der Waals surface area contributed by atoms with Crippen LogP contribution in [0.15, 0.2) is 0 Å². The number of carbonyl (C=O) groups is 1. The summed E-state index contributed by atoms with van der Waals surface area (Å²) in [6, 6.07) is 0. The molecule has 0 aromatic rings. The number of carbonyl (C=O) groups excluding carboxylic acids is 1. The minimum absolute atomic E-state index is 0.109. The molecule has 2 fully saturated rings. The van der Waals surface area contributed by atoms with Crippen LogP contribution in [0.25, 0.3) is 0 Å². The molecule has 3 nitrogen and oxygen atoms in total. The van der Waals surface area contributed by atoms with Gasteiger partial charge in [-0.3, -0.25) is 4.79 Å². The third-order valence-corrected chi connectivity index (χ3v) is 3.51. The molecule has 1 aliphatic carbocycles. The van der Waals surface area contributed by atoms with Gasteiger partial charge >= 0.3 is 0 Å². The number of amides is 1. The van der Waals surface area contributed by atoms with Gasteiger partial charge in [-0.25, -0.2) is 0 Å². The Bertz CT molecular complexity index is 206. The molecule has 1 N–H and O–H groups in total. The molecule has 0 aromatic carbocycles. The lowest BCUT2D eigenvalue weighted by Crippen LogP contribution is -2.37. The molecule has 1 atom stereocenters. The molecule has 1 unspecified atom stereocenters. The molecule has 2 aliphatic rings. The van der Waals surface area contributed by atoms with Crippen molar-refractivity contribution >= 4 is 5.91 Å². The maximum Gasteiger partial charge on any atom is 0.249 e. The Hall–Kier alpha value is -0.570. The van der Waals surface area contributed by atoms with Gasteiger partial charge in [-0.15, -0.1) is 0 Å². The van der Waals surface area contributed by atoms with Crippen molar-refractivity contribution in [1.29, 1.82) is 0 Å². The number of hydrogen-bond donors (Lipinski definition) is 1. The quantitative estimate of drug-likeness (QED) is 0.774. The van der Waals surface area contributed by atoms with Crippen molar-refractivity contribution in [3.63, 3.8) is 0 Å². The highest BCUT2D eigenvalue weighted by Gasteiger charge is 2.24. The van der Waals surface area contributed by atoms with Crippen LogP contribution in [0.5, 0.6) is 0 Å². The van der Waals surface area contributed by atoms with E-state index in [-0.39, 0.29) is 12.0 Å². The Morgan fingerprint density at radius 2 is 1.93 bits per heavy atom. The van der Waals surface area contributed by atoms with Gasteiger partial charge in [0.05, 0.1) is 0 Å². The Kier molecular flexibility index (Phi) is 4.01. The second kappa shape index (κ2) is 5.50. The lowest BCUT2D eigenvalue weighted by atomic mass is 9.89. The molecule has 0 radical (unpaired) electrons. The molecule has 1 amide bonds. The number of rotatable bonds is 3. The van der Waals surface area contributed by atoms with E-state index in [1.165, 1.54) is 32.1 Å². The molecule has 0 aromatic heterocycles. The summed E-state index contributed by atoms with van der Waals surface area (Å²) in [4.78, 5) is 11.7. The molecule has 1 saturated heterocycles. The van der Waals surface area contributed by atoms with Gasteiger partial charge in [-0.05, 0) is 31.6 Å². The van der Waals surface area contributed by atoms with E-state index >= 15 is 0 Å². The standard InChI is InChI=1S/C12H21NO2/c14-12(11-7-4-8-15-11)13-9-10-5-2-1-3-6-10/h10-11H,1-9H2,(H,13,14). The van der Waals surface area contributed by atoms with Crippen LogP contribution in [-0.2, 0) is 9.53 Å². The SMILES string of the molecule is O=C(NCC1CCCCC1)C1CCCO1. The van der Waals surface area contributed by atoms with E-state index in [9.17, 15) is 4.79 Å². The van der Waals surface area contributed by atoms with Crippen LogP contribution >= 0.6 is 0 Å². The average Bonchev–Trinajstić information content (AvgIpc) is 2.81. The molecule has 0 spiro atoms. The third-order valence-electron chi connectivity index (χ3n) is 3.51. The fraction of sp³-hybridized carbons (Fsp3) is 0.917. The van der Waals surface area contributed by atoms with Crippen LogP contribution < -0.4 is 5.32 Å². The van der Waals surface area contributed by atoms with Crippen molar-refractivity contribution in [2.75, 3.05) is 13.2 Å². The second-order valence-electron chi connectivity index (χ2n) is 4.75. The highest BCUT2D eigenvalue weighted by molar-refractivity contribution is 5.80. The van der Waals surface area contributed by atoms with Gasteiger partial charge in [-0.2, -0.15) is 0 Å². The first-order chi connectivity index (χ1) is 7.36. The lowest BCUT2D eigenvalue weighted by Gasteiger charge is -2.22. The van der Waals surface area contributed by atoms with Gasteiger partial charge in [0, 0.05) is 13.2 Å². The normalized spacial score (nSPS) is 27.9. The van der Waals surface area contributed by atoms with E-state index in [1.807, 2.05) is 0 Å². The molecular formula is C12H21NO2. The van der Waals surface area contributed by atoms with E-state index < -0.39 is 0 Å². The van der Waals surface area contributed by atoms with Gasteiger partial charge in [0.15, 0.2) is 0 Å². The fourth-order valence-electron chi connectivity index (χ4n) is 2.53. The topological polar surface area (TPSA) is 38.3 Å².